The van der Waals surface area contributed by atoms with Gasteiger partial charge in [-0.2, -0.15) is 17.0 Å². The summed E-state index contributed by atoms with van der Waals surface area (Å²) in [5.41, 5.74) is 0.0706. The van der Waals surface area contributed by atoms with E-state index in [1.165, 1.54) is 22.7 Å². The molecule has 0 spiro atoms. The van der Waals surface area contributed by atoms with E-state index in [9.17, 15) is 18.0 Å². The average Bonchev–Trinajstić information content (AvgIpc) is 3.22. The van der Waals surface area contributed by atoms with E-state index in [4.69, 9.17) is 0 Å². The second kappa shape index (κ2) is 9.32. The van der Waals surface area contributed by atoms with Gasteiger partial charge in [0.2, 0.25) is 5.91 Å². The largest absolute Gasteiger partial charge is 0.338 e. The summed E-state index contributed by atoms with van der Waals surface area (Å²) in [6.45, 7) is 1.53. The number of rotatable bonds is 6. The van der Waals surface area contributed by atoms with Crippen molar-refractivity contribution >= 4 is 22.1 Å². The van der Waals surface area contributed by atoms with E-state index in [1.807, 2.05) is 30.3 Å². The van der Waals surface area contributed by atoms with Gasteiger partial charge in [-0.15, -0.1) is 0 Å². The maximum atomic E-state index is 13.3. The molecule has 0 unspecified atom stereocenters. The maximum absolute atomic E-state index is 13.3. The highest BCUT2D eigenvalue weighted by atomic mass is 32.2. The first-order valence-electron chi connectivity index (χ1n) is 10.3. The molecule has 0 radical (unpaired) electrons. The summed E-state index contributed by atoms with van der Waals surface area (Å²) in [6, 6.07) is 9.23. The lowest BCUT2D eigenvalue weighted by atomic mass is 9.95. The lowest BCUT2D eigenvalue weighted by molar-refractivity contribution is -0.139. The van der Waals surface area contributed by atoms with E-state index in [-0.39, 0.29) is 25.0 Å². The quantitative estimate of drug-likeness (QED) is 0.686. The number of hydrogen-bond acceptors (Lipinski definition) is 4. The molecule has 1 aliphatic carbocycles. The van der Waals surface area contributed by atoms with E-state index < -0.39 is 15.7 Å². The van der Waals surface area contributed by atoms with Crippen LogP contribution in [0.4, 0.5) is 4.79 Å². The summed E-state index contributed by atoms with van der Waals surface area (Å²) >= 11 is 0. The fraction of sp³-hybridized carbons (Fsp3) is 0.600. The number of carbonyl (C=O) groups excluding carboxylic acids is 2. The van der Waals surface area contributed by atoms with Crippen molar-refractivity contribution in [2.45, 2.75) is 37.8 Å². The van der Waals surface area contributed by atoms with Crippen molar-refractivity contribution < 1.29 is 18.0 Å². The van der Waals surface area contributed by atoms with Crippen LogP contribution in [0.15, 0.2) is 30.3 Å². The van der Waals surface area contributed by atoms with Gasteiger partial charge in [0.25, 0.3) is 10.2 Å². The van der Waals surface area contributed by atoms with Crippen molar-refractivity contribution in [2.75, 3.05) is 40.3 Å². The second-order valence-electron chi connectivity index (χ2n) is 8.06. The van der Waals surface area contributed by atoms with Crippen molar-refractivity contribution in [3.8, 4) is 0 Å². The van der Waals surface area contributed by atoms with E-state index >= 15 is 0 Å². The summed E-state index contributed by atoms with van der Waals surface area (Å²) in [6.07, 6.45) is 2.95. The molecule has 10 heteroatoms. The van der Waals surface area contributed by atoms with Crippen molar-refractivity contribution in [1.29, 1.82) is 0 Å². The van der Waals surface area contributed by atoms with Crippen molar-refractivity contribution in [3.05, 3.63) is 35.9 Å². The third-order valence-corrected chi connectivity index (χ3v) is 7.77. The molecule has 3 rings (SSSR count). The van der Waals surface area contributed by atoms with Gasteiger partial charge in [-0.1, -0.05) is 43.2 Å². The molecule has 1 heterocycles. The number of carbonyl (C=O) groups is 2. The standard InChI is InChI=1S/C20H31N5O4S/c1-23(2)30(28,29)25-14-12-24(13-15-25)18(26)20(10-6-7-11-20)22-19(27)21-16-17-8-4-3-5-9-17/h3-5,8-9H,6-7,10-16H2,1-2H3,(H2,21,22,27). The van der Waals surface area contributed by atoms with Crippen LogP contribution in [0.3, 0.4) is 0 Å². The zero-order valence-electron chi connectivity index (χ0n) is 17.6. The summed E-state index contributed by atoms with van der Waals surface area (Å²) < 4.78 is 27.2. The molecule has 2 aliphatic rings. The van der Waals surface area contributed by atoms with Crippen LogP contribution in [-0.2, 0) is 21.5 Å². The molecule has 166 valence electrons. The van der Waals surface area contributed by atoms with Crippen LogP contribution in [0.2, 0.25) is 0 Å². The number of nitrogens with one attached hydrogen (secondary N) is 2. The maximum Gasteiger partial charge on any atom is 0.315 e. The molecule has 9 nitrogen and oxygen atoms in total. The molecule has 0 bridgehead atoms. The highest BCUT2D eigenvalue weighted by Crippen LogP contribution is 2.32. The molecule has 1 aromatic rings. The third-order valence-electron chi connectivity index (χ3n) is 5.83. The van der Waals surface area contributed by atoms with Crippen molar-refractivity contribution in [2.24, 2.45) is 0 Å². The van der Waals surface area contributed by atoms with Gasteiger partial charge in [-0.25, -0.2) is 4.79 Å². The van der Waals surface area contributed by atoms with Crippen molar-refractivity contribution in [3.63, 3.8) is 0 Å². The first-order chi connectivity index (χ1) is 14.2. The molecule has 1 aromatic carbocycles. The lowest BCUT2D eigenvalue weighted by Crippen LogP contribution is -2.63. The Hall–Kier alpha value is -2.17. The predicted octanol–water partition coefficient (Wildman–Crippen LogP) is 0.749. The third kappa shape index (κ3) is 4.93. The molecular weight excluding hydrogens is 406 g/mol. The van der Waals surface area contributed by atoms with Crippen LogP contribution >= 0.6 is 0 Å². The van der Waals surface area contributed by atoms with Crippen LogP contribution in [0, 0.1) is 0 Å². The van der Waals surface area contributed by atoms with Gasteiger partial charge in [0.15, 0.2) is 0 Å². The predicted molar refractivity (Wildman–Crippen MR) is 114 cm³/mol. The van der Waals surface area contributed by atoms with E-state index in [2.05, 4.69) is 10.6 Å². The second-order valence-corrected chi connectivity index (χ2v) is 10.2. The van der Waals surface area contributed by atoms with Gasteiger partial charge in [0.1, 0.15) is 5.54 Å². The van der Waals surface area contributed by atoms with Gasteiger partial charge in [0.05, 0.1) is 0 Å². The number of amides is 3. The smallest absolute Gasteiger partial charge is 0.315 e. The lowest BCUT2D eigenvalue weighted by Gasteiger charge is -2.40. The zero-order valence-corrected chi connectivity index (χ0v) is 18.5. The van der Waals surface area contributed by atoms with E-state index in [0.717, 1.165) is 18.4 Å². The molecule has 0 atom stereocenters. The minimum Gasteiger partial charge on any atom is -0.338 e. The number of hydrogen-bond donors (Lipinski definition) is 2. The number of benzene rings is 1. The topological polar surface area (TPSA) is 102 Å². The zero-order chi connectivity index (χ0) is 21.8. The first-order valence-corrected chi connectivity index (χ1v) is 11.7. The van der Waals surface area contributed by atoms with Gasteiger partial charge in [-0.3, -0.25) is 4.79 Å². The number of nitrogens with zero attached hydrogens (tertiary/aromatic N) is 3. The minimum atomic E-state index is -3.49. The number of urea groups is 1. The SMILES string of the molecule is CN(C)S(=O)(=O)N1CCN(C(=O)C2(NC(=O)NCc3ccccc3)CCCC2)CC1. The molecule has 3 amide bonds. The van der Waals surface area contributed by atoms with Gasteiger partial charge < -0.3 is 15.5 Å². The molecule has 0 aromatic heterocycles. The molecular formula is C20H31N5O4S. The Bertz CT molecular complexity index is 845. The monoisotopic (exact) mass is 437 g/mol. The van der Waals surface area contributed by atoms with Crippen LogP contribution in [-0.4, -0.2) is 79.7 Å². The van der Waals surface area contributed by atoms with Crippen LogP contribution < -0.4 is 10.6 Å². The fourth-order valence-electron chi connectivity index (χ4n) is 4.07. The van der Waals surface area contributed by atoms with Gasteiger partial charge >= 0.3 is 6.03 Å². The Morgan fingerprint density at radius 1 is 1.03 bits per heavy atom. The van der Waals surface area contributed by atoms with Crippen LogP contribution in [0.5, 0.6) is 0 Å². The first kappa shape index (κ1) is 22.5. The Morgan fingerprint density at radius 2 is 1.63 bits per heavy atom. The molecule has 30 heavy (non-hydrogen) atoms. The molecule has 2 N–H and O–H groups in total. The molecule has 1 saturated carbocycles. The summed E-state index contributed by atoms with van der Waals surface area (Å²) in [4.78, 5) is 27.5. The van der Waals surface area contributed by atoms with E-state index in [0.29, 0.717) is 32.5 Å². The normalized spacial score (nSPS) is 19.6. The Labute approximate surface area is 178 Å². The van der Waals surface area contributed by atoms with Gasteiger partial charge in [-0.05, 0) is 18.4 Å². The van der Waals surface area contributed by atoms with Gasteiger partial charge in [0, 0.05) is 46.8 Å². The molecule has 1 aliphatic heterocycles. The molecule has 2 fully saturated rings. The Kier molecular flexibility index (Phi) is 6.99. The molecule has 1 saturated heterocycles. The summed E-state index contributed by atoms with van der Waals surface area (Å²) in [7, 11) is -0.490. The summed E-state index contributed by atoms with van der Waals surface area (Å²) in [5.74, 6) is -0.114. The van der Waals surface area contributed by atoms with Crippen LogP contribution in [0.25, 0.3) is 0 Å². The fourth-order valence-corrected chi connectivity index (χ4v) is 5.15. The summed E-state index contributed by atoms with van der Waals surface area (Å²) in [5, 5.41) is 5.77. The number of piperazine rings is 1. The Morgan fingerprint density at radius 3 is 2.20 bits per heavy atom. The van der Waals surface area contributed by atoms with Crippen molar-refractivity contribution in [1.82, 2.24) is 24.1 Å². The Balaban J connectivity index is 1.60. The highest BCUT2D eigenvalue weighted by molar-refractivity contribution is 7.86. The van der Waals surface area contributed by atoms with E-state index in [1.54, 1.807) is 4.90 Å². The highest BCUT2D eigenvalue weighted by Gasteiger charge is 2.45. The van der Waals surface area contributed by atoms with Crippen LogP contribution in [0.1, 0.15) is 31.2 Å². The average molecular weight is 438 g/mol. The minimum absolute atomic E-state index is 0.114.